The minimum atomic E-state index is -3.14. The van der Waals surface area contributed by atoms with E-state index in [0.717, 1.165) is 36.4 Å². The van der Waals surface area contributed by atoms with E-state index in [4.69, 9.17) is 9.47 Å². The van der Waals surface area contributed by atoms with Crippen molar-refractivity contribution in [1.29, 1.82) is 0 Å². The Hall–Kier alpha value is -1.11. The van der Waals surface area contributed by atoms with Crippen molar-refractivity contribution in [2.45, 2.75) is 46.3 Å². The molecule has 1 saturated heterocycles. The van der Waals surface area contributed by atoms with Crippen molar-refractivity contribution in [3.05, 3.63) is 29.3 Å². The zero-order chi connectivity index (χ0) is 21.1. The standard InChI is InChI=1S/C20H34N4O4S.HI/c1-4-21-20(22-10-6-11-24-29(25,26)5-2)23-14-17-8-7-16(3)13-19(17)28-18-9-12-27-15-18;/h7-8,13,18,24H,4-6,9-12,14-15H2,1-3H3,(H2,21,22,23);1H. The molecule has 10 heteroatoms. The fourth-order valence-electron chi connectivity index (χ4n) is 2.82. The Morgan fingerprint density at radius 3 is 2.73 bits per heavy atom. The molecule has 1 aromatic carbocycles. The molecule has 0 aliphatic carbocycles. The first kappa shape index (κ1) is 26.9. The second-order valence-corrected chi connectivity index (χ2v) is 9.08. The first-order valence-corrected chi connectivity index (χ1v) is 11.9. The van der Waals surface area contributed by atoms with Gasteiger partial charge in [0.2, 0.25) is 10.0 Å². The maximum Gasteiger partial charge on any atom is 0.211 e. The van der Waals surface area contributed by atoms with Crippen LogP contribution in [0.2, 0.25) is 0 Å². The molecular weight excluding hydrogens is 519 g/mol. The van der Waals surface area contributed by atoms with Crippen LogP contribution in [-0.2, 0) is 21.3 Å². The van der Waals surface area contributed by atoms with Crippen LogP contribution in [0.15, 0.2) is 23.2 Å². The average molecular weight is 554 g/mol. The number of aliphatic imine (C=N–C) groups is 1. The first-order chi connectivity index (χ1) is 13.9. The van der Waals surface area contributed by atoms with Crippen LogP contribution in [-0.4, -0.2) is 59.1 Å². The first-order valence-electron chi connectivity index (χ1n) is 10.3. The Labute approximate surface area is 197 Å². The molecule has 1 aromatic rings. The fourth-order valence-corrected chi connectivity index (χ4v) is 3.48. The zero-order valence-electron chi connectivity index (χ0n) is 18.1. The van der Waals surface area contributed by atoms with Crippen LogP contribution < -0.4 is 20.1 Å². The van der Waals surface area contributed by atoms with E-state index in [1.807, 2.05) is 26.0 Å². The van der Waals surface area contributed by atoms with Gasteiger partial charge in [0.05, 0.1) is 25.5 Å². The molecule has 172 valence electrons. The smallest absolute Gasteiger partial charge is 0.211 e. The van der Waals surface area contributed by atoms with Gasteiger partial charge in [-0.3, -0.25) is 0 Å². The maximum atomic E-state index is 11.5. The average Bonchev–Trinajstić information content (AvgIpc) is 3.20. The number of nitrogens with zero attached hydrogens (tertiary/aromatic N) is 1. The molecule has 0 spiro atoms. The number of hydrogen-bond donors (Lipinski definition) is 3. The summed E-state index contributed by atoms with van der Waals surface area (Å²) in [6.45, 7) is 9.30. The Balaban J connectivity index is 0.00000450. The van der Waals surface area contributed by atoms with Gasteiger partial charge in [0.1, 0.15) is 11.9 Å². The number of benzene rings is 1. The van der Waals surface area contributed by atoms with E-state index in [1.165, 1.54) is 0 Å². The summed E-state index contributed by atoms with van der Waals surface area (Å²) in [6, 6.07) is 6.15. The van der Waals surface area contributed by atoms with Gasteiger partial charge in [-0.1, -0.05) is 12.1 Å². The summed E-state index contributed by atoms with van der Waals surface area (Å²) in [5.74, 6) is 1.65. The van der Waals surface area contributed by atoms with Gasteiger partial charge in [-0.05, 0) is 38.8 Å². The van der Waals surface area contributed by atoms with Gasteiger partial charge in [-0.2, -0.15) is 0 Å². The highest BCUT2D eigenvalue weighted by atomic mass is 127. The second-order valence-electron chi connectivity index (χ2n) is 6.99. The molecule has 1 unspecified atom stereocenters. The number of aryl methyl sites for hydroxylation is 1. The molecule has 0 amide bonds. The summed E-state index contributed by atoms with van der Waals surface area (Å²) >= 11 is 0. The summed E-state index contributed by atoms with van der Waals surface area (Å²) < 4.78 is 37.0. The Bertz CT molecular complexity index is 768. The monoisotopic (exact) mass is 554 g/mol. The van der Waals surface area contributed by atoms with Crippen molar-refractivity contribution in [3.8, 4) is 5.75 Å². The number of guanidine groups is 1. The molecule has 0 bridgehead atoms. The van der Waals surface area contributed by atoms with Gasteiger partial charge in [-0.25, -0.2) is 18.1 Å². The van der Waals surface area contributed by atoms with Gasteiger partial charge >= 0.3 is 0 Å². The van der Waals surface area contributed by atoms with E-state index in [-0.39, 0.29) is 35.8 Å². The van der Waals surface area contributed by atoms with Crippen molar-refractivity contribution >= 4 is 40.0 Å². The molecule has 2 rings (SSSR count). The van der Waals surface area contributed by atoms with E-state index >= 15 is 0 Å². The van der Waals surface area contributed by atoms with Crippen molar-refractivity contribution < 1.29 is 17.9 Å². The normalized spacial score (nSPS) is 16.8. The Morgan fingerprint density at radius 2 is 2.07 bits per heavy atom. The quantitative estimate of drug-likeness (QED) is 0.168. The number of hydrogen-bond acceptors (Lipinski definition) is 5. The van der Waals surface area contributed by atoms with Crippen LogP contribution in [0.25, 0.3) is 0 Å². The third-order valence-corrected chi connectivity index (χ3v) is 5.91. The lowest BCUT2D eigenvalue weighted by molar-refractivity contribution is 0.140. The van der Waals surface area contributed by atoms with Crippen LogP contribution in [0.3, 0.4) is 0 Å². The highest BCUT2D eigenvalue weighted by molar-refractivity contribution is 14.0. The third kappa shape index (κ3) is 9.80. The van der Waals surface area contributed by atoms with Gasteiger partial charge < -0.3 is 20.1 Å². The summed E-state index contributed by atoms with van der Waals surface area (Å²) in [5.41, 5.74) is 2.17. The molecule has 1 aliphatic rings. The number of sulfonamides is 1. The second kappa shape index (κ2) is 14.0. The lowest BCUT2D eigenvalue weighted by Gasteiger charge is -2.16. The Morgan fingerprint density at radius 1 is 1.27 bits per heavy atom. The van der Waals surface area contributed by atoms with E-state index in [1.54, 1.807) is 6.92 Å². The minimum Gasteiger partial charge on any atom is -0.488 e. The van der Waals surface area contributed by atoms with Crippen LogP contribution in [0.5, 0.6) is 5.75 Å². The van der Waals surface area contributed by atoms with Gasteiger partial charge in [0, 0.05) is 31.6 Å². The van der Waals surface area contributed by atoms with Crippen LogP contribution in [0.1, 0.15) is 37.8 Å². The van der Waals surface area contributed by atoms with E-state index in [9.17, 15) is 8.42 Å². The Kier molecular flexibility index (Phi) is 12.6. The van der Waals surface area contributed by atoms with Crippen LogP contribution in [0.4, 0.5) is 0 Å². The van der Waals surface area contributed by atoms with Crippen molar-refractivity contribution in [2.75, 3.05) is 38.6 Å². The number of rotatable bonds is 11. The predicted octanol–water partition coefficient (Wildman–Crippen LogP) is 2.17. The summed E-state index contributed by atoms with van der Waals surface area (Å²) in [4.78, 5) is 4.66. The largest absolute Gasteiger partial charge is 0.488 e. The maximum absolute atomic E-state index is 11.5. The lowest BCUT2D eigenvalue weighted by atomic mass is 10.1. The molecule has 8 nitrogen and oxygen atoms in total. The molecule has 30 heavy (non-hydrogen) atoms. The van der Waals surface area contributed by atoms with Gasteiger partial charge in [0.15, 0.2) is 5.96 Å². The van der Waals surface area contributed by atoms with Crippen molar-refractivity contribution in [2.24, 2.45) is 4.99 Å². The van der Waals surface area contributed by atoms with E-state index < -0.39 is 10.0 Å². The molecule has 0 radical (unpaired) electrons. The number of nitrogens with one attached hydrogen (secondary N) is 3. The number of ether oxygens (including phenoxy) is 2. The molecule has 1 heterocycles. The SMILES string of the molecule is CCNC(=NCc1ccc(C)cc1OC1CCOC1)NCCCNS(=O)(=O)CC.I. The lowest BCUT2D eigenvalue weighted by Crippen LogP contribution is -2.38. The molecule has 1 atom stereocenters. The van der Waals surface area contributed by atoms with Crippen molar-refractivity contribution in [3.63, 3.8) is 0 Å². The third-order valence-electron chi connectivity index (χ3n) is 4.50. The topological polar surface area (TPSA) is 101 Å². The van der Waals surface area contributed by atoms with Crippen LogP contribution >= 0.6 is 24.0 Å². The molecule has 1 fully saturated rings. The van der Waals surface area contributed by atoms with Gasteiger partial charge in [-0.15, -0.1) is 24.0 Å². The summed E-state index contributed by atoms with van der Waals surface area (Å²) in [6.07, 6.45) is 1.67. The van der Waals surface area contributed by atoms with E-state index in [2.05, 4.69) is 26.4 Å². The molecule has 0 saturated carbocycles. The van der Waals surface area contributed by atoms with Crippen molar-refractivity contribution in [1.82, 2.24) is 15.4 Å². The summed E-state index contributed by atoms with van der Waals surface area (Å²) in [5, 5.41) is 6.46. The number of halogens is 1. The van der Waals surface area contributed by atoms with Gasteiger partial charge in [0.25, 0.3) is 0 Å². The minimum absolute atomic E-state index is 0. The highest BCUT2D eigenvalue weighted by Crippen LogP contribution is 2.24. The molecule has 1 aliphatic heterocycles. The van der Waals surface area contributed by atoms with E-state index in [0.29, 0.717) is 38.6 Å². The summed E-state index contributed by atoms with van der Waals surface area (Å²) in [7, 11) is -3.14. The predicted molar refractivity (Wildman–Crippen MR) is 131 cm³/mol. The molecular formula is C20H35IN4O4S. The fraction of sp³-hybridized carbons (Fsp3) is 0.650. The molecule has 3 N–H and O–H groups in total. The molecule has 0 aromatic heterocycles. The van der Waals surface area contributed by atoms with Crippen LogP contribution in [0, 0.1) is 6.92 Å². The highest BCUT2D eigenvalue weighted by Gasteiger charge is 2.18. The zero-order valence-corrected chi connectivity index (χ0v) is 21.2.